The van der Waals surface area contributed by atoms with Crippen molar-refractivity contribution in [2.45, 2.75) is 76.0 Å². The van der Waals surface area contributed by atoms with E-state index in [2.05, 4.69) is 73.5 Å². The molecule has 6 heterocycles. The van der Waals surface area contributed by atoms with Crippen molar-refractivity contribution in [3.8, 4) is 0 Å². The zero-order valence-electron chi connectivity index (χ0n) is 23.8. The monoisotopic (exact) mass is 562 g/mol. The number of hydrogen-bond acceptors (Lipinski definition) is 9. The van der Waals surface area contributed by atoms with Gasteiger partial charge in [0, 0.05) is 31.9 Å². The third-order valence-electron chi connectivity index (χ3n) is 10.4. The highest BCUT2D eigenvalue weighted by Gasteiger charge is 2.55. The van der Waals surface area contributed by atoms with Crippen molar-refractivity contribution in [3.63, 3.8) is 0 Å². The first-order valence-corrected chi connectivity index (χ1v) is 15.4. The third kappa shape index (κ3) is 4.67. The molecule has 7 aliphatic rings. The maximum Gasteiger partial charge on any atom is 0.249 e. The highest BCUT2D eigenvalue weighted by molar-refractivity contribution is 5.82. The van der Waals surface area contributed by atoms with Crippen molar-refractivity contribution in [3.05, 3.63) is 41.5 Å². The number of hydrazine groups is 1. The molecular formula is C30H42N8O3. The number of allylic oxidation sites excluding steroid dienone is 1. The van der Waals surface area contributed by atoms with Gasteiger partial charge in [0.25, 0.3) is 0 Å². The predicted molar refractivity (Wildman–Crippen MR) is 153 cm³/mol. The molecule has 1 aromatic carbocycles. The van der Waals surface area contributed by atoms with Gasteiger partial charge < -0.3 is 19.9 Å². The van der Waals surface area contributed by atoms with Gasteiger partial charge in [-0.2, -0.15) is 5.01 Å². The summed E-state index contributed by atoms with van der Waals surface area (Å²) in [5.41, 5.74) is 4.05. The Morgan fingerprint density at radius 1 is 1.07 bits per heavy atom. The number of nitrogens with zero attached hydrogens (tertiary/aromatic N) is 4. The molecule has 6 aliphatic heterocycles. The van der Waals surface area contributed by atoms with Gasteiger partial charge >= 0.3 is 0 Å². The first-order chi connectivity index (χ1) is 20.0. The van der Waals surface area contributed by atoms with Crippen LogP contribution in [0.15, 0.2) is 30.4 Å². The van der Waals surface area contributed by atoms with Crippen LogP contribution < -0.4 is 21.3 Å². The summed E-state index contributed by atoms with van der Waals surface area (Å²) in [7, 11) is 2.17. The van der Waals surface area contributed by atoms with Gasteiger partial charge in [0.2, 0.25) is 11.8 Å². The van der Waals surface area contributed by atoms with Gasteiger partial charge in [-0.25, -0.2) is 0 Å². The molecule has 220 valence electrons. The van der Waals surface area contributed by atoms with Crippen LogP contribution in [-0.2, 0) is 27.3 Å². The molecule has 0 radical (unpaired) electrons. The largest absolute Gasteiger partial charge is 0.365 e. The van der Waals surface area contributed by atoms with Crippen molar-refractivity contribution < 1.29 is 14.3 Å². The van der Waals surface area contributed by atoms with E-state index in [0.717, 1.165) is 63.8 Å². The predicted octanol–water partition coefficient (Wildman–Crippen LogP) is 0.567. The summed E-state index contributed by atoms with van der Waals surface area (Å²) < 4.78 is 6.02. The number of piperidine rings is 1. The van der Waals surface area contributed by atoms with Gasteiger partial charge in [0.05, 0.1) is 30.9 Å². The van der Waals surface area contributed by atoms with Crippen LogP contribution >= 0.6 is 0 Å². The van der Waals surface area contributed by atoms with E-state index in [1.807, 2.05) is 5.01 Å². The Morgan fingerprint density at radius 3 is 2.85 bits per heavy atom. The van der Waals surface area contributed by atoms with E-state index in [0.29, 0.717) is 13.1 Å². The molecular weight excluding hydrogens is 520 g/mol. The number of amides is 2. The SMILES string of the molecule is CN1CCc2cc(NC3NCC4C(=O)N5C/C=C\CC6(CC6)CN6C(=O)COC7CCC(NC76)N5C4N3)ccc2C1. The Morgan fingerprint density at radius 2 is 1.98 bits per heavy atom. The number of morpholine rings is 1. The normalized spacial score (nSPS) is 37.5. The number of carbonyl (C=O) groups is 2. The zero-order chi connectivity index (χ0) is 27.7. The molecule has 1 spiro atoms. The minimum atomic E-state index is -0.194. The van der Waals surface area contributed by atoms with Crippen LogP contribution in [0.1, 0.15) is 43.2 Å². The highest BCUT2D eigenvalue weighted by atomic mass is 16.5. The molecule has 11 heteroatoms. The second kappa shape index (κ2) is 10.0. The lowest BCUT2D eigenvalue weighted by molar-refractivity contribution is -0.178. The molecule has 6 unspecified atom stereocenters. The lowest BCUT2D eigenvalue weighted by Gasteiger charge is -2.51. The topological polar surface area (TPSA) is 104 Å². The maximum absolute atomic E-state index is 13.8. The van der Waals surface area contributed by atoms with Crippen LogP contribution in [0.3, 0.4) is 0 Å². The maximum atomic E-state index is 13.8. The van der Waals surface area contributed by atoms with Crippen LogP contribution in [0.2, 0.25) is 0 Å². The van der Waals surface area contributed by atoms with Crippen molar-refractivity contribution in [2.24, 2.45) is 11.3 Å². The summed E-state index contributed by atoms with van der Waals surface area (Å²) in [6.45, 7) is 4.17. The fourth-order valence-corrected chi connectivity index (χ4v) is 7.85. The van der Waals surface area contributed by atoms with E-state index < -0.39 is 0 Å². The molecule has 5 fully saturated rings. The molecule has 4 saturated heterocycles. The number of anilines is 1. The second-order valence-corrected chi connectivity index (χ2v) is 13.2. The highest BCUT2D eigenvalue weighted by Crippen LogP contribution is 2.50. The lowest BCUT2D eigenvalue weighted by Crippen LogP contribution is -2.72. The first-order valence-electron chi connectivity index (χ1n) is 15.4. The molecule has 1 aromatic rings. The van der Waals surface area contributed by atoms with E-state index >= 15 is 0 Å². The molecule has 2 amide bonds. The first kappa shape index (κ1) is 26.1. The lowest BCUT2D eigenvalue weighted by atomic mass is 9.96. The van der Waals surface area contributed by atoms with Crippen LogP contribution in [0.4, 0.5) is 5.69 Å². The summed E-state index contributed by atoms with van der Waals surface area (Å²) in [6.07, 6.45) is 9.78. The number of rotatable bonds is 2. The van der Waals surface area contributed by atoms with E-state index in [-0.39, 0.29) is 60.6 Å². The van der Waals surface area contributed by atoms with Gasteiger partial charge in [-0.1, -0.05) is 18.2 Å². The van der Waals surface area contributed by atoms with Gasteiger partial charge in [-0.3, -0.25) is 30.5 Å². The van der Waals surface area contributed by atoms with Crippen molar-refractivity contribution in [1.82, 2.24) is 35.8 Å². The number of nitrogens with one attached hydrogen (secondary N) is 4. The Kier molecular flexibility index (Phi) is 6.39. The molecule has 1 aliphatic carbocycles. The fourth-order valence-electron chi connectivity index (χ4n) is 7.85. The molecule has 0 aromatic heterocycles. The van der Waals surface area contributed by atoms with Crippen LogP contribution in [0.25, 0.3) is 0 Å². The molecule has 4 N–H and O–H groups in total. The van der Waals surface area contributed by atoms with Gasteiger partial charge in [0.1, 0.15) is 19.1 Å². The molecule has 2 bridgehead atoms. The number of carbonyl (C=O) groups excluding carboxylic acids is 2. The van der Waals surface area contributed by atoms with Crippen molar-refractivity contribution >= 4 is 17.5 Å². The average Bonchev–Trinajstić information content (AvgIpc) is 3.69. The summed E-state index contributed by atoms with van der Waals surface area (Å²) in [6, 6.07) is 6.66. The van der Waals surface area contributed by atoms with Crippen molar-refractivity contribution in [1.29, 1.82) is 0 Å². The summed E-state index contributed by atoms with van der Waals surface area (Å²) in [4.78, 5) is 31.3. The summed E-state index contributed by atoms with van der Waals surface area (Å²) >= 11 is 0. The Hall–Kier alpha value is -2.54. The van der Waals surface area contributed by atoms with Gasteiger partial charge in [-0.15, -0.1) is 0 Å². The molecule has 6 atom stereocenters. The smallest absolute Gasteiger partial charge is 0.249 e. The van der Waals surface area contributed by atoms with E-state index in [1.54, 1.807) is 0 Å². The van der Waals surface area contributed by atoms with Crippen LogP contribution in [-0.4, -0.2) is 102 Å². The number of benzene rings is 1. The average molecular weight is 563 g/mol. The van der Waals surface area contributed by atoms with Gasteiger partial charge in [0.15, 0.2) is 0 Å². The number of ether oxygens (including phenoxy) is 1. The standard InChI is InChI=1S/C30H42N8O3/c1-35-13-8-19-14-21(5-4-20(19)16-35)32-29-31-15-22-26(34-29)38-24-7-6-23-27(33-24)36(25(39)17-41-23)18-30(10-11-30)9-2-3-12-37(38)28(22)40/h2-5,14,22-24,26-27,29,31-34H,6-13,15-18H2,1H3/b3-2-. The fraction of sp³-hybridized carbons (Fsp3) is 0.667. The quantitative estimate of drug-likeness (QED) is 0.385. The minimum Gasteiger partial charge on any atom is -0.365 e. The van der Waals surface area contributed by atoms with Crippen LogP contribution in [0, 0.1) is 11.3 Å². The number of hydrogen-bond donors (Lipinski definition) is 4. The summed E-state index contributed by atoms with van der Waals surface area (Å²) in [5, 5.41) is 18.9. The molecule has 11 nitrogen and oxygen atoms in total. The Bertz CT molecular complexity index is 1250. The second-order valence-electron chi connectivity index (χ2n) is 13.2. The van der Waals surface area contributed by atoms with Gasteiger partial charge in [-0.05, 0) is 74.2 Å². The number of fused-ring (bicyclic) bond motifs is 6. The Labute approximate surface area is 241 Å². The Balaban J connectivity index is 1.05. The molecule has 8 rings (SSSR count). The number of likely N-dealkylation sites (N-methyl/N-ethyl adjacent to an activating group) is 1. The van der Waals surface area contributed by atoms with Crippen molar-refractivity contribution in [2.75, 3.05) is 45.2 Å². The molecule has 41 heavy (non-hydrogen) atoms. The zero-order valence-corrected chi connectivity index (χ0v) is 23.8. The summed E-state index contributed by atoms with van der Waals surface area (Å²) in [5.74, 6) is 0.0196. The van der Waals surface area contributed by atoms with Crippen LogP contribution in [0.5, 0.6) is 0 Å². The third-order valence-corrected chi connectivity index (χ3v) is 10.4. The van der Waals surface area contributed by atoms with E-state index in [4.69, 9.17) is 4.74 Å². The minimum absolute atomic E-state index is 0.0139. The van der Waals surface area contributed by atoms with E-state index in [9.17, 15) is 9.59 Å². The molecule has 1 saturated carbocycles. The van der Waals surface area contributed by atoms with E-state index in [1.165, 1.54) is 11.1 Å².